The lowest BCUT2D eigenvalue weighted by atomic mass is 10.2. The molecule has 0 amide bonds. The molecule has 0 saturated carbocycles. The topological polar surface area (TPSA) is 18.5 Å². The zero-order valence-electron chi connectivity index (χ0n) is 11.8. The molecule has 0 radical (unpaired) electrons. The zero-order chi connectivity index (χ0) is 14.2. The van der Waals surface area contributed by atoms with Gasteiger partial charge in [-0.25, -0.2) is 0 Å². The van der Waals surface area contributed by atoms with Crippen LogP contribution in [0.2, 0.25) is 0 Å². The molecule has 2 nitrogen and oxygen atoms in total. The van der Waals surface area contributed by atoms with Crippen LogP contribution in [0.5, 0.6) is 11.5 Å². The summed E-state index contributed by atoms with van der Waals surface area (Å²) in [5, 5.41) is 0. The summed E-state index contributed by atoms with van der Waals surface area (Å²) in [6.07, 6.45) is 2.08. The highest BCUT2D eigenvalue weighted by atomic mass is 31.1. The fourth-order valence-electron chi connectivity index (χ4n) is 1.70. The molecule has 2 aromatic carbocycles. The van der Waals surface area contributed by atoms with E-state index in [-0.39, 0.29) is 0 Å². The molecule has 2 unspecified atom stereocenters. The van der Waals surface area contributed by atoms with Crippen molar-refractivity contribution < 1.29 is 9.05 Å². The van der Waals surface area contributed by atoms with Crippen LogP contribution in [-0.2, 0) is 0 Å². The van der Waals surface area contributed by atoms with Gasteiger partial charge in [-0.3, -0.25) is 0 Å². The standard InChI is InChI=1S/C16H20O2P2/c1-13-7-3-5-9-15(13)17-19-11-12-20-18-16-10-6-4-8-14(16)2/h3-10,19-20H,11-12H2,1-2H3. The Hall–Kier alpha value is -1.10. The van der Waals surface area contributed by atoms with Crippen molar-refractivity contribution >= 4 is 17.6 Å². The predicted molar refractivity (Wildman–Crippen MR) is 90.0 cm³/mol. The molecule has 0 heterocycles. The molecular formula is C16H20O2P2. The van der Waals surface area contributed by atoms with E-state index in [1.165, 1.54) is 11.1 Å². The number of aryl methyl sites for hydroxylation is 2. The first-order chi connectivity index (χ1) is 9.77. The lowest BCUT2D eigenvalue weighted by molar-refractivity contribution is 0.618. The minimum atomic E-state index is 0.498. The molecule has 0 aromatic heterocycles. The van der Waals surface area contributed by atoms with E-state index < -0.39 is 0 Å². The Kier molecular flexibility index (Phi) is 6.30. The Morgan fingerprint density at radius 3 is 1.50 bits per heavy atom. The summed E-state index contributed by atoms with van der Waals surface area (Å²) < 4.78 is 11.6. The van der Waals surface area contributed by atoms with E-state index in [0.717, 1.165) is 23.8 Å². The lowest BCUT2D eigenvalue weighted by Crippen LogP contribution is -1.90. The van der Waals surface area contributed by atoms with E-state index in [2.05, 4.69) is 26.0 Å². The second-order valence-corrected chi connectivity index (χ2v) is 6.51. The van der Waals surface area contributed by atoms with Gasteiger partial charge < -0.3 is 9.05 Å². The number of hydrogen-bond acceptors (Lipinski definition) is 2. The van der Waals surface area contributed by atoms with Gasteiger partial charge in [0.25, 0.3) is 0 Å². The molecule has 0 aliphatic carbocycles. The summed E-state index contributed by atoms with van der Waals surface area (Å²) in [6, 6.07) is 16.3. The molecule has 0 N–H and O–H groups in total. The van der Waals surface area contributed by atoms with Crippen LogP contribution >= 0.6 is 17.6 Å². The van der Waals surface area contributed by atoms with Crippen molar-refractivity contribution in [3.05, 3.63) is 59.7 Å². The van der Waals surface area contributed by atoms with Crippen molar-refractivity contribution in [1.29, 1.82) is 0 Å². The molecule has 0 bridgehead atoms. The van der Waals surface area contributed by atoms with Crippen LogP contribution in [0, 0.1) is 13.8 Å². The number of rotatable bonds is 7. The van der Waals surface area contributed by atoms with Crippen LogP contribution in [0.3, 0.4) is 0 Å². The molecule has 0 fully saturated rings. The third kappa shape index (κ3) is 4.78. The van der Waals surface area contributed by atoms with Crippen molar-refractivity contribution in [2.75, 3.05) is 12.3 Å². The Bertz CT molecular complexity index is 494. The lowest BCUT2D eigenvalue weighted by Gasteiger charge is -2.09. The molecule has 0 spiro atoms. The van der Waals surface area contributed by atoms with Gasteiger partial charge in [-0.1, -0.05) is 36.4 Å². The molecule has 0 saturated heterocycles. The third-order valence-electron chi connectivity index (χ3n) is 2.88. The fourth-order valence-corrected chi connectivity index (χ4v) is 3.49. The van der Waals surface area contributed by atoms with E-state index in [0.29, 0.717) is 17.6 Å². The second-order valence-electron chi connectivity index (χ2n) is 4.52. The van der Waals surface area contributed by atoms with Crippen LogP contribution in [0.4, 0.5) is 0 Å². The maximum absolute atomic E-state index is 5.79. The summed E-state index contributed by atoms with van der Waals surface area (Å²) in [5.41, 5.74) is 2.39. The number of benzene rings is 2. The minimum absolute atomic E-state index is 0.498. The van der Waals surface area contributed by atoms with E-state index in [1.54, 1.807) is 0 Å². The van der Waals surface area contributed by atoms with Crippen molar-refractivity contribution in [3.8, 4) is 11.5 Å². The maximum Gasteiger partial charge on any atom is 0.125 e. The monoisotopic (exact) mass is 306 g/mol. The minimum Gasteiger partial charge on any atom is -0.477 e. The fraction of sp³-hybridized carbons (Fsp3) is 0.250. The predicted octanol–water partition coefficient (Wildman–Crippen LogP) is 4.95. The largest absolute Gasteiger partial charge is 0.477 e. The Balaban J connectivity index is 1.63. The molecule has 0 aliphatic rings. The van der Waals surface area contributed by atoms with E-state index in [1.807, 2.05) is 36.4 Å². The number of para-hydroxylation sites is 2. The maximum atomic E-state index is 5.79. The molecule has 4 heteroatoms. The summed E-state index contributed by atoms with van der Waals surface area (Å²) in [7, 11) is 0.996. The van der Waals surface area contributed by atoms with Gasteiger partial charge in [0.05, 0.1) is 17.6 Å². The average Bonchev–Trinajstić information content (AvgIpc) is 2.46. The molecule has 2 rings (SSSR count). The van der Waals surface area contributed by atoms with Crippen molar-refractivity contribution in [1.82, 2.24) is 0 Å². The van der Waals surface area contributed by atoms with Gasteiger partial charge >= 0.3 is 0 Å². The highest BCUT2D eigenvalue weighted by Crippen LogP contribution is 2.28. The van der Waals surface area contributed by atoms with Gasteiger partial charge in [0.1, 0.15) is 11.5 Å². The van der Waals surface area contributed by atoms with Crippen molar-refractivity contribution in [3.63, 3.8) is 0 Å². The van der Waals surface area contributed by atoms with Gasteiger partial charge in [-0.15, -0.1) is 0 Å². The summed E-state index contributed by atoms with van der Waals surface area (Å²) in [5.74, 6) is 1.99. The molecule has 106 valence electrons. The van der Waals surface area contributed by atoms with Gasteiger partial charge in [-0.2, -0.15) is 0 Å². The van der Waals surface area contributed by atoms with E-state index >= 15 is 0 Å². The van der Waals surface area contributed by atoms with Crippen LogP contribution in [0.15, 0.2) is 48.5 Å². The Labute approximate surface area is 124 Å². The van der Waals surface area contributed by atoms with Crippen LogP contribution in [0.1, 0.15) is 11.1 Å². The van der Waals surface area contributed by atoms with E-state index in [4.69, 9.17) is 9.05 Å². The first kappa shape index (κ1) is 15.3. The zero-order valence-corrected chi connectivity index (χ0v) is 13.8. The SMILES string of the molecule is Cc1ccccc1OPCCPOc1ccccc1C. The summed E-state index contributed by atoms with van der Waals surface area (Å²) >= 11 is 0. The highest BCUT2D eigenvalue weighted by Gasteiger charge is 1.99. The first-order valence-electron chi connectivity index (χ1n) is 6.68. The molecule has 0 aliphatic heterocycles. The normalized spacial score (nSPS) is 11.5. The van der Waals surface area contributed by atoms with Gasteiger partial charge in [0, 0.05) is 12.3 Å². The smallest absolute Gasteiger partial charge is 0.125 e. The van der Waals surface area contributed by atoms with Gasteiger partial charge in [0.15, 0.2) is 0 Å². The average molecular weight is 306 g/mol. The van der Waals surface area contributed by atoms with E-state index in [9.17, 15) is 0 Å². The highest BCUT2D eigenvalue weighted by molar-refractivity contribution is 7.37. The van der Waals surface area contributed by atoms with Crippen molar-refractivity contribution in [2.24, 2.45) is 0 Å². The third-order valence-corrected chi connectivity index (χ3v) is 5.02. The first-order valence-corrected chi connectivity index (χ1v) is 8.91. The van der Waals surface area contributed by atoms with Crippen LogP contribution in [0.25, 0.3) is 0 Å². The summed E-state index contributed by atoms with van der Waals surface area (Å²) in [6.45, 7) is 4.14. The molecular weight excluding hydrogens is 286 g/mol. The molecule has 2 atom stereocenters. The van der Waals surface area contributed by atoms with Gasteiger partial charge in [-0.05, 0) is 37.1 Å². The van der Waals surface area contributed by atoms with Crippen LogP contribution in [-0.4, -0.2) is 12.3 Å². The Morgan fingerprint density at radius 2 is 1.10 bits per heavy atom. The van der Waals surface area contributed by atoms with Crippen molar-refractivity contribution in [2.45, 2.75) is 13.8 Å². The number of hydrogen-bond donors (Lipinski definition) is 0. The Morgan fingerprint density at radius 1 is 0.700 bits per heavy atom. The van der Waals surface area contributed by atoms with Gasteiger partial charge in [0.2, 0.25) is 0 Å². The van der Waals surface area contributed by atoms with Crippen LogP contribution < -0.4 is 9.05 Å². The summed E-state index contributed by atoms with van der Waals surface area (Å²) in [4.78, 5) is 0. The molecule has 2 aromatic rings. The quantitative estimate of drug-likeness (QED) is 0.532. The second kappa shape index (κ2) is 8.25. The molecule has 20 heavy (non-hydrogen) atoms.